The van der Waals surface area contributed by atoms with Crippen LogP contribution in [0.1, 0.15) is 30.1 Å². The van der Waals surface area contributed by atoms with Crippen LogP contribution in [0.25, 0.3) is 0 Å². The zero-order chi connectivity index (χ0) is 16.5. The molecular weight excluding hydrogens is 332 g/mol. The molecule has 122 valence electrons. The number of nitrogens with one attached hydrogen (secondary N) is 1. The first-order valence-corrected chi connectivity index (χ1v) is 9.15. The van der Waals surface area contributed by atoms with E-state index in [0.717, 1.165) is 17.2 Å². The Morgan fingerprint density at radius 2 is 2.09 bits per heavy atom. The minimum absolute atomic E-state index is 0.108. The minimum Gasteiger partial charge on any atom is -0.462 e. The number of anilines is 1. The van der Waals surface area contributed by atoms with E-state index in [1.165, 1.54) is 23.1 Å². The molecule has 23 heavy (non-hydrogen) atoms. The van der Waals surface area contributed by atoms with Crippen LogP contribution in [0.15, 0.2) is 40.2 Å². The molecule has 0 spiro atoms. The number of thiazole rings is 1. The molecule has 2 rings (SSSR count). The number of amides is 1. The predicted molar refractivity (Wildman–Crippen MR) is 93.1 cm³/mol. The van der Waals surface area contributed by atoms with E-state index in [-0.39, 0.29) is 11.9 Å². The number of aromatic nitrogens is 1. The topological polar surface area (TPSA) is 68.3 Å². The summed E-state index contributed by atoms with van der Waals surface area (Å²) in [5, 5.41) is 4.66. The number of hydrogen-bond donors (Lipinski definition) is 1. The molecule has 0 aliphatic rings. The second-order valence-corrected chi connectivity index (χ2v) is 6.82. The third-order valence-electron chi connectivity index (χ3n) is 2.87. The van der Waals surface area contributed by atoms with E-state index < -0.39 is 0 Å². The van der Waals surface area contributed by atoms with Gasteiger partial charge in [0.05, 0.1) is 17.9 Å². The van der Waals surface area contributed by atoms with Crippen molar-refractivity contribution >= 4 is 40.7 Å². The number of carbonyl (C=O) groups is 2. The van der Waals surface area contributed by atoms with Crippen LogP contribution in [-0.2, 0) is 9.53 Å². The van der Waals surface area contributed by atoms with E-state index in [0.29, 0.717) is 23.6 Å². The van der Waals surface area contributed by atoms with Crippen molar-refractivity contribution in [1.29, 1.82) is 0 Å². The van der Waals surface area contributed by atoms with Gasteiger partial charge in [0.15, 0.2) is 0 Å². The SMILES string of the molecule is CCCCOC(=O)c1ccc(NC(=O)CSc2nccs2)cc1. The number of ether oxygens (including phenoxy) is 1. The van der Waals surface area contributed by atoms with Crippen LogP contribution in [0.4, 0.5) is 5.69 Å². The fraction of sp³-hybridized carbons (Fsp3) is 0.312. The Bertz CT molecular complexity index is 627. The van der Waals surface area contributed by atoms with Crippen molar-refractivity contribution in [3.05, 3.63) is 41.4 Å². The number of nitrogens with zero attached hydrogens (tertiary/aromatic N) is 1. The molecule has 0 saturated carbocycles. The van der Waals surface area contributed by atoms with E-state index in [4.69, 9.17) is 4.74 Å². The van der Waals surface area contributed by atoms with Gasteiger partial charge >= 0.3 is 5.97 Å². The quantitative estimate of drug-likeness (QED) is 0.445. The lowest BCUT2D eigenvalue weighted by atomic mass is 10.2. The van der Waals surface area contributed by atoms with E-state index in [9.17, 15) is 9.59 Å². The molecule has 0 atom stereocenters. The van der Waals surface area contributed by atoms with Gasteiger partial charge in [0.2, 0.25) is 5.91 Å². The molecule has 0 unspecified atom stereocenters. The maximum atomic E-state index is 11.9. The molecule has 1 aromatic carbocycles. The summed E-state index contributed by atoms with van der Waals surface area (Å²) in [5.41, 5.74) is 1.14. The number of rotatable bonds is 8. The Kier molecular flexibility index (Phi) is 7.09. The predicted octanol–water partition coefficient (Wildman–Crippen LogP) is 3.83. The zero-order valence-electron chi connectivity index (χ0n) is 12.8. The monoisotopic (exact) mass is 350 g/mol. The summed E-state index contributed by atoms with van der Waals surface area (Å²) in [6, 6.07) is 6.69. The summed E-state index contributed by atoms with van der Waals surface area (Å²) in [6.07, 6.45) is 3.55. The van der Waals surface area contributed by atoms with E-state index in [1.54, 1.807) is 30.5 Å². The van der Waals surface area contributed by atoms with E-state index in [2.05, 4.69) is 10.3 Å². The molecule has 0 aliphatic carbocycles. The highest BCUT2D eigenvalue weighted by Gasteiger charge is 2.08. The standard InChI is InChI=1S/C16H18N2O3S2/c1-2-3-9-21-15(20)12-4-6-13(7-5-12)18-14(19)11-23-16-17-8-10-22-16/h4-8,10H,2-3,9,11H2,1H3,(H,18,19). The second kappa shape index (κ2) is 9.32. The van der Waals surface area contributed by atoms with E-state index in [1.807, 2.05) is 12.3 Å². The summed E-state index contributed by atoms with van der Waals surface area (Å²) in [6.45, 7) is 2.47. The summed E-state index contributed by atoms with van der Waals surface area (Å²) < 4.78 is 6.00. The first kappa shape index (κ1) is 17.5. The molecule has 1 N–H and O–H groups in total. The zero-order valence-corrected chi connectivity index (χ0v) is 14.4. The molecule has 0 radical (unpaired) electrons. The minimum atomic E-state index is -0.337. The van der Waals surface area contributed by atoms with Gasteiger partial charge in [-0.2, -0.15) is 0 Å². The second-order valence-electron chi connectivity index (χ2n) is 4.70. The highest BCUT2D eigenvalue weighted by atomic mass is 32.2. The average molecular weight is 350 g/mol. The normalized spacial score (nSPS) is 10.3. The highest BCUT2D eigenvalue weighted by Crippen LogP contribution is 2.20. The van der Waals surface area contributed by atoms with Gasteiger partial charge in [-0.3, -0.25) is 4.79 Å². The van der Waals surface area contributed by atoms with Crippen molar-refractivity contribution in [3.63, 3.8) is 0 Å². The summed E-state index contributed by atoms with van der Waals surface area (Å²) >= 11 is 2.90. The van der Waals surface area contributed by atoms with Gasteiger partial charge in [0.25, 0.3) is 0 Å². The van der Waals surface area contributed by atoms with Gasteiger partial charge in [-0.1, -0.05) is 25.1 Å². The summed E-state index contributed by atoms with van der Waals surface area (Å²) in [5.74, 6) is -0.145. The van der Waals surface area contributed by atoms with Crippen molar-refractivity contribution in [2.24, 2.45) is 0 Å². The third kappa shape index (κ3) is 6.03. The van der Waals surface area contributed by atoms with Crippen LogP contribution in [0.2, 0.25) is 0 Å². The number of esters is 1. The Hall–Kier alpha value is -1.86. The molecule has 0 bridgehead atoms. The molecule has 1 amide bonds. The van der Waals surface area contributed by atoms with E-state index >= 15 is 0 Å². The first-order chi connectivity index (χ1) is 11.2. The van der Waals surface area contributed by atoms with Crippen LogP contribution in [0.3, 0.4) is 0 Å². The Labute approximate surface area is 143 Å². The fourth-order valence-electron chi connectivity index (χ4n) is 1.69. The maximum Gasteiger partial charge on any atom is 0.338 e. The number of hydrogen-bond acceptors (Lipinski definition) is 6. The van der Waals surface area contributed by atoms with Crippen LogP contribution in [0, 0.1) is 0 Å². The molecule has 0 aliphatic heterocycles. The van der Waals surface area contributed by atoms with Gasteiger partial charge in [-0.05, 0) is 30.7 Å². The number of thioether (sulfide) groups is 1. The Morgan fingerprint density at radius 1 is 1.30 bits per heavy atom. The lowest BCUT2D eigenvalue weighted by molar-refractivity contribution is -0.113. The lowest BCUT2D eigenvalue weighted by Crippen LogP contribution is -2.14. The summed E-state index contributed by atoms with van der Waals surface area (Å²) in [4.78, 5) is 27.7. The Morgan fingerprint density at radius 3 is 2.74 bits per heavy atom. The van der Waals surface area contributed by atoms with Crippen molar-refractivity contribution < 1.29 is 14.3 Å². The molecule has 1 heterocycles. The Balaban J connectivity index is 1.79. The van der Waals surface area contributed by atoms with Crippen LogP contribution >= 0.6 is 23.1 Å². The van der Waals surface area contributed by atoms with Crippen molar-refractivity contribution in [3.8, 4) is 0 Å². The molecular formula is C16H18N2O3S2. The van der Waals surface area contributed by atoms with Crippen molar-refractivity contribution in [2.75, 3.05) is 17.7 Å². The van der Waals surface area contributed by atoms with Gasteiger partial charge in [-0.25, -0.2) is 9.78 Å². The van der Waals surface area contributed by atoms with Gasteiger partial charge in [-0.15, -0.1) is 11.3 Å². The molecule has 0 saturated heterocycles. The van der Waals surface area contributed by atoms with Crippen LogP contribution < -0.4 is 5.32 Å². The smallest absolute Gasteiger partial charge is 0.338 e. The van der Waals surface area contributed by atoms with Crippen LogP contribution in [0.5, 0.6) is 0 Å². The summed E-state index contributed by atoms with van der Waals surface area (Å²) in [7, 11) is 0. The van der Waals surface area contributed by atoms with Crippen molar-refractivity contribution in [2.45, 2.75) is 24.1 Å². The van der Waals surface area contributed by atoms with Gasteiger partial charge in [0, 0.05) is 17.3 Å². The average Bonchev–Trinajstić information content (AvgIpc) is 3.07. The highest BCUT2D eigenvalue weighted by molar-refractivity contribution is 8.01. The largest absolute Gasteiger partial charge is 0.462 e. The number of benzene rings is 1. The van der Waals surface area contributed by atoms with Crippen LogP contribution in [-0.4, -0.2) is 29.2 Å². The molecule has 1 aromatic heterocycles. The number of unbranched alkanes of at least 4 members (excludes halogenated alkanes) is 1. The fourth-order valence-corrected chi connectivity index (χ4v) is 3.13. The van der Waals surface area contributed by atoms with Crippen molar-refractivity contribution in [1.82, 2.24) is 4.98 Å². The lowest BCUT2D eigenvalue weighted by Gasteiger charge is -2.06. The first-order valence-electron chi connectivity index (χ1n) is 7.28. The molecule has 7 heteroatoms. The molecule has 5 nitrogen and oxygen atoms in total. The molecule has 2 aromatic rings. The van der Waals surface area contributed by atoms with Gasteiger partial charge < -0.3 is 10.1 Å². The van der Waals surface area contributed by atoms with Gasteiger partial charge in [0.1, 0.15) is 4.34 Å². The maximum absolute atomic E-state index is 11.9. The molecule has 0 fully saturated rings. The number of carbonyl (C=O) groups excluding carboxylic acids is 2. The third-order valence-corrected chi connectivity index (χ3v) is 4.84.